The van der Waals surface area contributed by atoms with Gasteiger partial charge >= 0.3 is 0 Å². The highest BCUT2D eigenvalue weighted by Crippen LogP contribution is 2.18. The number of aromatic nitrogens is 2. The number of hydrogen-bond donors (Lipinski definition) is 0. The highest BCUT2D eigenvalue weighted by atomic mass is 16.5. The molecule has 0 radical (unpaired) electrons. The van der Waals surface area contributed by atoms with E-state index in [1.54, 1.807) is 10.7 Å². The molecule has 1 aromatic rings. The van der Waals surface area contributed by atoms with Crippen LogP contribution in [0.2, 0.25) is 0 Å². The Balaban J connectivity index is 2.19. The standard InChI is InChI=1S/C6H7N5O/c7-10-8-4-5-3-6-11(9-5)1-2-12-6/h3H,1-2,4H2. The Hall–Kier alpha value is -1.68. The summed E-state index contributed by atoms with van der Waals surface area (Å²) >= 11 is 0. The van der Waals surface area contributed by atoms with Crippen molar-refractivity contribution in [1.29, 1.82) is 0 Å². The van der Waals surface area contributed by atoms with Gasteiger partial charge in [0.2, 0.25) is 5.88 Å². The molecule has 2 heterocycles. The summed E-state index contributed by atoms with van der Waals surface area (Å²) in [5.41, 5.74) is 8.82. The maximum Gasteiger partial charge on any atom is 0.212 e. The molecule has 0 spiro atoms. The molecule has 0 saturated heterocycles. The third kappa shape index (κ3) is 1.08. The smallest absolute Gasteiger partial charge is 0.212 e. The molecule has 0 saturated carbocycles. The van der Waals surface area contributed by atoms with Gasteiger partial charge in [-0.1, -0.05) is 5.11 Å². The second-order valence-electron chi connectivity index (χ2n) is 2.43. The van der Waals surface area contributed by atoms with Gasteiger partial charge in [-0.2, -0.15) is 5.10 Å². The van der Waals surface area contributed by atoms with Crippen LogP contribution in [-0.2, 0) is 13.1 Å². The van der Waals surface area contributed by atoms with Crippen LogP contribution >= 0.6 is 0 Å². The number of ether oxygens (including phenoxy) is 1. The van der Waals surface area contributed by atoms with Crippen molar-refractivity contribution in [3.8, 4) is 5.88 Å². The van der Waals surface area contributed by atoms with Crippen LogP contribution in [0.5, 0.6) is 5.88 Å². The van der Waals surface area contributed by atoms with Gasteiger partial charge in [0.15, 0.2) is 0 Å². The number of nitrogens with zero attached hydrogens (tertiary/aromatic N) is 5. The quantitative estimate of drug-likeness (QED) is 0.373. The summed E-state index contributed by atoms with van der Waals surface area (Å²) in [6.07, 6.45) is 0. The maximum absolute atomic E-state index is 8.07. The van der Waals surface area contributed by atoms with Gasteiger partial charge < -0.3 is 4.74 Å². The van der Waals surface area contributed by atoms with E-state index >= 15 is 0 Å². The van der Waals surface area contributed by atoms with Crippen LogP contribution in [0.1, 0.15) is 5.69 Å². The number of fused-ring (bicyclic) bond motifs is 1. The summed E-state index contributed by atoms with van der Waals surface area (Å²) in [6, 6.07) is 1.79. The average Bonchev–Trinajstić information content (AvgIpc) is 2.58. The zero-order chi connectivity index (χ0) is 8.39. The number of azide groups is 1. The van der Waals surface area contributed by atoms with Gasteiger partial charge in [0.1, 0.15) is 6.61 Å². The molecule has 0 bridgehead atoms. The van der Waals surface area contributed by atoms with Crippen molar-refractivity contribution in [3.05, 3.63) is 22.2 Å². The zero-order valence-electron chi connectivity index (χ0n) is 6.34. The van der Waals surface area contributed by atoms with E-state index in [9.17, 15) is 0 Å². The van der Waals surface area contributed by atoms with Gasteiger partial charge in [0, 0.05) is 11.0 Å². The first kappa shape index (κ1) is 7.00. The van der Waals surface area contributed by atoms with Gasteiger partial charge in [0.25, 0.3) is 0 Å². The van der Waals surface area contributed by atoms with E-state index in [2.05, 4.69) is 15.1 Å². The summed E-state index contributed by atoms with van der Waals surface area (Å²) in [4.78, 5) is 2.65. The van der Waals surface area contributed by atoms with Crippen molar-refractivity contribution in [2.45, 2.75) is 13.1 Å². The third-order valence-electron chi connectivity index (χ3n) is 1.64. The lowest BCUT2D eigenvalue weighted by atomic mass is 10.4. The Bertz CT molecular complexity index is 316. The van der Waals surface area contributed by atoms with Crippen LogP contribution < -0.4 is 4.74 Å². The highest BCUT2D eigenvalue weighted by molar-refractivity contribution is 5.17. The van der Waals surface area contributed by atoms with E-state index in [0.29, 0.717) is 13.2 Å². The van der Waals surface area contributed by atoms with Crippen molar-refractivity contribution >= 4 is 0 Å². The van der Waals surface area contributed by atoms with Crippen molar-refractivity contribution in [3.63, 3.8) is 0 Å². The van der Waals surface area contributed by atoms with E-state index < -0.39 is 0 Å². The summed E-state index contributed by atoms with van der Waals surface area (Å²) in [5, 5.41) is 7.56. The molecule has 62 valence electrons. The molecule has 12 heavy (non-hydrogen) atoms. The van der Waals surface area contributed by atoms with Gasteiger partial charge in [0.05, 0.1) is 18.8 Å². The molecular weight excluding hydrogens is 158 g/mol. The molecule has 0 unspecified atom stereocenters. The van der Waals surface area contributed by atoms with Crippen LogP contribution in [-0.4, -0.2) is 16.4 Å². The summed E-state index contributed by atoms with van der Waals surface area (Å²) in [6.45, 7) is 1.76. The van der Waals surface area contributed by atoms with Crippen LogP contribution in [0.3, 0.4) is 0 Å². The fourth-order valence-corrected chi connectivity index (χ4v) is 1.14. The zero-order valence-corrected chi connectivity index (χ0v) is 6.34. The first-order valence-corrected chi connectivity index (χ1v) is 3.60. The van der Waals surface area contributed by atoms with E-state index in [0.717, 1.165) is 18.1 Å². The maximum atomic E-state index is 8.07. The van der Waals surface area contributed by atoms with E-state index in [1.165, 1.54) is 0 Å². The highest BCUT2D eigenvalue weighted by Gasteiger charge is 2.13. The van der Waals surface area contributed by atoms with Gasteiger partial charge in [-0.3, -0.25) is 0 Å². The van der Waals surface area contributed by atoms with E-state index in [4.69, 9.17) is 10.3 Å². The van der Waals surface area contributed by atoms with Crippen LogP contribution in [0, 0.1) is 0 Å². The second-order valence-corrected chi connectivity index (χ2v) is 2.43. The lowest BCUT2D eigenvalue weighted by Crippen LogP contribution is -1.96. The predicted octanol–water partition coefficient (Wildman–Crippen LogP) is 1.09. The van der Waals surface area contributed by atoms with Crippen molar-refractivity contribution in [2.75, 3.05) is 6.61 Å². The Morgan fingerprint density at radius 1 is 1.83 bits per heavy atom. The van der Waals surface area contributed by atoms with Crippen LogP contribution in [0.25, 0.3) is 10.4 Å². The second kappa shape index (κ2) is 2.75. The molecule has 0 amide bonds. The molecule has 1 aliphatic rings. The minimum Gasteiger partial charge on any atom is -0.476 e. The minimum absolute atomic E-state index is 0.292. The van der Waals surface area contributed by atoms with Crippen LogP contribution in [0.4, 0.5) is 0 Å². The third-order valence-corrected chi connectivity index (χ3v) is 1.64. The summed E-state index contributed by atoms with van der Waals surface area (Å²) in [7, 11) is 0. The van der Waals surface area contributed by atoms with Crippen molar-refractivity contribution in [1.82, 2.24) is 9.78 Å². The molecule has 1 aromatic heterocycles. The SMILES string of the molecule is [N-]=[N+]=NCc1cc2n(n1)CCO2. The molecule has 6 heteroatoms. The molecule has 6 nitrogen and oxygen atoms in total. The molecule has 1 aliphatic heterocycles. The summed E-state index contributed by atoms with van der Waals surface area (Å²) < 4.78 is 6.99. The first-order chi connectivity index (χ1) is 5.90. The minimum atomic E-state index is 0.292. The number of rotatable bonds is 2. The Morgan fingerprint density at radius 3 is 3.50 bits per heavy atom. The van der Waals surface area contributed by atoms with Crippen LogP contribution in [0.15, 0.2) is 11.2 Å². The molecule has 0 aromatic carbocycles. The van der Waals surface area contributed by atoms with Gasteiger partial charge in [-0.05, 0) is 5.53 Å². The number of hydrogen-bond acceptors (Lipinski definition) is 3. The normalized spacial score (nSPS) is 13.3. The Morgan fingerprint density at radius 2 is 2.75 bits per heavy atom. The van der Waals surface area contributed by atoms with Crippen molar-refractivity contribution in [2.24, 2.45) is 5.11 Å². The molecule has 0 aliphatic carbocycles. The average molecular weight is 165 g/mol. The van der Waals surface area contributed by atoms with Crippen molar-refractivity contribution < 1.29 is 4.74 Å². The monoisotopic (exact) mass is 165 g/mol. The lowest BCUT2D eigenvalue weighted by molar-refractivity contribution is 0.356. The molecule has 0 atom stereocenters. The predicted molar refractivity (Wildman–Crippen MR) is 40.6 cm³/mol. The molecular formula is C6H7N5O. The fourth-order valence-electron chi connectivity index (χ4n) is 1.14. The molecule has 0 fully saturated rings. The molecule has 0 N–H and O–H groups in total. The van der Waals surface area contributed by atoms with E-state index in [1.807, 2.05) is 0 Å². The van der Waals surface area contributed by atoms with E-state index in [-0.39, 0.29) is 0 Å². The lowest BCUT2D eigenvalue weighted by Gasteiger charge is -1.87. The van der Waals surface area contributed by atoms with Gasteiger partial charge in [-0.25, -0.2) is 4.68 Å². The largest absolute Gasteiger partial charge is 0.476 e. The molecule has 2 rings (SSSR count). The summed E-state index contributed by atoms with van der Waals surface area (Å²) in [5.74, 6) is 0.762. The van der Waals surface area contributed by atoms with Gasteiger partial charge in [-0.15, -0.1) is 0 Å². The topological polar surface area (TPSA) is 75.8 Å². The Labute approximate surface area is 68.4 Å². The fraction of sp³-hybridized carbons (Fsp3) is 0.500. The Kier molecular flexibility index (Phi) is 1.60. The first-order valence-electron chi connectivity index (χ1n) is 3.60.